The van der Waals surface area contributed by atoms with Gasteiger partial charge < -0.3 is 4.74 Å². The van der Waals surface area contributed by atoms with E-state index in [0.717, 1.165) is 12.8 Å². The van der Waals surface area contributed by atoms with Crippen molar-refractivity contribution in [1.82, 2.24) is 0 Å². The van der Waals surface area contributed by atoms with Crippen molar-refractivity contribution in [2.45, 2.75) is 50.8 Å². The molecule has 5 heteroatoms. The van der Waals surface area contributed by atoms with Crippen LogP contribution >= 0.6 is 23.2 Å². The molecule has 0 aromatic heterocycles. The van der Waals surface area contributed by atoms with Crippen LogP contribution in [0.2, 0.25) is 0 Å². The summed E-state index contributed by atoms with van der Waals surface area (Å²) in [7, 11) is 0. The van der Waals surface area contributed by atoms with Crippen LogP contribution in [0.3, 0.4) is 0 Å². The summed E-state index contributed by atoms with van der Waals surface area (Å²) in [6.45, 7) is 5.67. The predicted molar refractivity (Wildman–Crippen MR) is 66.9 cm³/mol. The van der Waals surface area contributed by atoms with Gasteiger partial charge in [0.05, 0.1) is 12.3 Å². The number of unbranched alkanes of at least 4 members (excludes halogenated alkanes) is 1. The van der Waals surface area contributed by atoms with Gasteiger partial charge in [0.2, 0.25) is 0 Å². The van der Waals surface area contributed by atoms with E-state index in [1.807, 2.05) is 20.8 Å². The average molecular weight is 281 g/mol. The number of ether oxygens (including phenoxy) is 1. The predicted octanol–water partition coefficient (Wildman–Crippen LogP) is 3.47. The Morgan fingerprint density at radius 2 is 1.94 bits per heavy atom. The first-order chi connectivity index (χ1) is 7.72. The van der Waals surface area contributed by atoms with Gasteiger partial charge in [0.15, 0.2) is 0 Å². The molecule has 1 aliphatic rings. The molecule has 0 radical (unpaired) electrons. The molecule has 0 spiro atoms. The summed E-state index contributed by atoms with van der Waals surface area (Å²) in [6, 6.07) is 0. The minimum Gasteiger partial charge on any atom is -0.393 e. The van der Waals surface area contributed by atoms with Gasteiger partial charge in [-0.2, -0.15) is 0 Å². The van der Waals surface area contributed by atoms with Gasteiger partial charge in [-0.05, 0) is 6.42 Å². The summed E-state index contributed by atoms with van der Waals surface area (Å²) in [6.07, 6.45) is 2.52. The fraction of sp³-hybridized carbons (Fsp3) is 0.833. The molecule has 1 aliphatic heterocycles. The van der Waals surface area contributed by atoms with Crippen LogP contribution < -0.4 is 0 Å². The maximum absolute atomic E-state index is 11.6. The number of cyclic esters (lactones) is 2. The highest BCUT2D eigenvalue weighted by molar-refractivity contribution is 6.49. The van der Waals surface area contributed by atoms with Gasteiger partial charge in [-0.3, -0.25) is 9.59 Å². The van der Waals surface area contributed by atoms with Gasteiger partial charge in [-0.25, -0.2) is 0 Å². The molecule has 17 heavy (non-hydrogen) atoms. The van der Waals surface area contributed by atoms with Crippen LogP contribution in [-0.2, 0) is 14.3 Å². The van der Waals surface area contributed by atoms with Gasteiger partial charge in [0.25, 0.3) is 0 Å². The molecule has 1 saturated heterocycles. The van der Waals surface area contributed by atoms with E-state index < -0.39 is 27.6 Å². The van der Waals surface area contributed by atoms with E-state index in [0.29, 0.717) is 6.42 Å². The third-order valence-corrected chi connectivity index (χ3v) is 4.88. The van der Waals surface area contributed by atoms with Crippen molar-refractivity contribution in [3.8, 4) is 0 Å². The van der Waals surface area contributed by atoms with Crippen LogP contribution in [0, 0.1) is 11.3 Å². The zero-order chi connectivity index (χ0) is 13.3. The minimum absolute atomic E-state index is 0.0686. The van der Waals surface area contributed by atoms with Gasteiger partial charge in [-0.15, -0.1) is 23.2 Å². The number of esters is 2. The first-order valence-electron chi connectivity index (χ1n) is 5.84. The van der Waals surface area contributed by atoms with Crippen molar-refractivity contribution in [3.63, 3.8) is 0 Å². The Hall–Kier alpha value is -0.280. The smallest absolute Gasteiger partial charge is 0.317 e. The third kappa shape index (κ3) is 2.94. The quantitative estimate of drug-likeness (QED) is 0.440. The number of carbonyl (C=O) groups excluding carboxylic acids is 2. The van der Waals surface area contributed by atoms with E-state index >= 15 is 0 Å². The normalized spacial score (nSPS) is 21.8. The zero-order valence-electron chi connectivity index (χ0n) is 10.4. The summed E-state index contributed by atoms with van der Waals surface area (Å²) < 4.78 is 3.53. The Morgan fingerprint density at radius 3 is 2.35 bits per heavy atom. The van der Waals surface area contributed by atoms with Gasteiger partial charge in [-0.1, -0.05) is 33.6 Å². The van der Waals surface area contributed by atoms with Crippen molar-refractivity contribution in [3.05, 3.63) is 0 Å². The molecule has 0 aromatic carbocycles. The lowest BCUT2D eigenvalue weighted by Crippen LogP contribution is -2.42. The van der Waals surface area contributed by atoms with Gasteiger partial charge in [0.1, 0.15) is 4.33 Å². The molecule has 98 valence electrons. The molecule has 0 aromatic rings. The highest BCUT2D eigenvalue weighted by Gasteiger charge is 2.53. The summed E-state index contributed by atoms with van der Waals surface area (Å²) in [5, 5.41) is 0. The Bertz CT molecular complexity index is 324. The van der Waals surface area contributed by atoms with Crippen LogP contribution in [-0.4, -0.2) is 16.3 Å². The summed E-state index contributed by atoms with van der Waals surface area (Å²) in [5.41, 5.74) is -0.686. The number of hydrogen-bond donors (Lipinski definition) is 0. The zero-order valence-corrected chi connectivity index (χ0v) is 11.9. The van der Waals surface area contributed by atoms with E-state index in [4.69, 9.17) is 23.2 Å². The third-order valence-electron chi connectivity index (χ3n) is 3.53. The summed E-state index contributed by atoms with van der Waals surface area (Å²) in [5.74, 6) is -1.56. The van der Waals surface area contributed by atoms with Crippen LogP contribution in [0.4, 0.5) is 0 Å². The number of carbonyl (C=O) groups is 2. The highest BCUT2D eigenvalue weighted by atomic mass is 35.5. The summed E-state index contributed by atoms with van der Waals surface area (Å²) >= 11 is 12.7. The summed E-state index contributed by atoms with van der Waals surface area (Å²) in [4.78, 5) is 22.7. The fourth-order valence-corrected chi connectivity index (χ4v) is 2.53. The molecule has 1 rings (SSSR count). The van der Waals surface area contributed by atoms with Crippen molar-refractivity contribution in [1.29, 1.82) is 0 Å². The molecule has 0 saturated carbocycles. The molecule has 0 bridgehead atoms. The number of rotatable bonds is 5. The number of alkyl halides is 2. The SMILES string of the molecule is CCCCC(Cl)(Cl)C(C)(C)C1CC(=O)OC1=O. The lowest BCUT2D eigenvalue weighted by Gasteiger charge is -2.40. The Kier molecular flexibility index (Phi) is 4.48. The maximum Gasteiger partial charge on any atom is 0.317 e. The second-order valence-electron chi connectivity index (χ2n) is 5.08. The average Bonchev–Trinajstić information content (AvgIpc) is 2.55. The van der Waals surface area contributed by atoms with Crippen LogP contribution in [0.15, 0.2) is 0 Å². The molecule has 0 amide bonds. The van der Waals surface area contributed by atoms with Crippen molar-refractivity contribution >= 4 is 35.1 Å². The van der Waals surface area contributed by atoms with Crippen LogP contribution in [0.1, 0.15) is 46.5 Å². The van der Waals surface area contributed by atoms with E-state index in [-0.39, 0.29) is 6.42 Å². The molecular formula is C12H18Cl2O3. The Balaban J connectivity index is 2.85. The van der Waals surface area contributed by atoms with E-state index in [2.05, 4.69) is 4.74 Å². The molecule has 1 unspecified atom stereocenters. The number of halogens is 2. The van der Waals surface area contributed by atoms with E-state index in [9.17, 15) is 9.59 Å². The first kappa shape index (κ1) is 14.8. The lowest BCUT2D eigenvalue weighted by atomic mass is 9.73. The largest absolute Gasteiger partial charge is 0.393 e. The number of hydrogen-bond acceptors (Lipinski definition) is 3. The molecule has 0 N–H and O–H groups in total. The van der Waals surface area contributed by atoms with Crippen molar-refractivity contribution in [2.75, 3.05) is 0 Å². The van der Waals surface area contributed by atoms with E-state index in [1.54, 1.807) is 0 Å². The molecule has 1 fully saturated rings. The standard InChI is InChI=1S/C12H18Cl2O3/c1-4-5-6-12(13,14)11(2,3)8-7-9(15)17-10(8)16/h8H,4-7H2,1-3H3. The van der Waals surface area contributed by atoms with E-state index in [1.165, 1.54) is 0 Å². The van der Waals surface area contributed by atoms with Crippen molar-refractivity contribution < 1.29 is 14.3 Å². The molecule has 1 atom stereocenters. The lowest BCUT2D eigenvalue weighted by molar-refractivity contribution is -0.154. The molecule has 0 aliphatic carbocycles. The highest BCUT2D eigenvalue weighted by Crippen LogP contribution is 2.51. The minimum atomic E-state index is -1.03. The second kappa shape index (κ2) is 5.15. The van der Waals surface area contributed by atoms with Crippen LogP contribution in [0.25, 0.3) is 0 Å². The van der Waals surface area contributed by atoms with Crippen molar-refractivity contribution in [2.24, 2.45) is 11.3 Å². The molecule has 3 nitrogen and oxygen atoms in total. The first-order valence-corrected chi connectivity index (χ1v) is 6.60. The maximum atomic E-state index is 11.6. The monoisotopic (exact) mass is 280 g/mol. The molecule has 1 heterocycles. The van der Waals surface area contributed by atoms with Gasteiger partial charge >= 0.3 is 11.9 Å². The Labute approximate surface area is 112 Å². The van der Waals surface area contributed by atoms with Gasteiger partial charge in [0, 0.05) is 5.41 Å². The fourth-order valence-electron chi connectivity index (χ4n) is 2.00. The second-order valence-corrected chi connectivity index (χ2v) is 6.56. The topological polar surface area (TPSA) is 43.4 Å². The molecular weight excluding hydrogens is 263 g/mol. The van der Waals surface area contributed by atoms with Crippen LogP contribution in [0.5, 0.6) is 0 Å². The Morgan fingerprint density at radius 1 is 1.35 bits per heavy atom.